The second-order valence-corrected chi connectivity index (χ2v) is 4.32. The molecule has 0 bridgehead atoms. The van der Waals surface area contributed by atoms with Crippen molar-refractivity contribution in [3.8, 4) is 5.75 Å². The van der Waals surface area contributed by atoms with Gasteiger partial charge in [-0.3, -0.25) is 10.1 Å². The first kappa shape index (κ1) is 14.4. The van der Waals surface area contributed by atoms with Gasteiger partial charge in [0.25, 0.3) is 5.69 Å². The molecule has 2 unspecified atom stereocenters. The van der Waals surface area contributed by atoms with Crippen LogP contribution in [0.15, 0.2) is 18.2 Å². The van der Waals surface area contributed by atoms with E-state index in [4.69, 9.17) is 4.74 Å². The summed E-state index contributed by atoms with van der Waals surface area (Å²) < 4.78 is 5.14. The molecule has 2 atom stereocenters. The Morgan fingerprint density at radius 1 is 1.44 bits per heavy atom. The van der Waals surface area contributed by atoms with E-state index in [1.54, 1.807) is 19.2 Å². The van der Waals surface area contributed by atoms with Gasteiger partial charge in [0.05, 0.1) is 12.0 Å². The summed E-state index contributed by atoms with van der Waals surface area (Å²) in [7, 11) is 1.56. The maximum atomic E-state index is 11.1. The van der Waals surface area contributed by atoms with Crippen molar-refractivity contribution >= 4 is 5.69 Å². The number of methoxy groups -OCH3 is 1. The van der Waals surface area contributed by atoms with Gasteiger partial charge < -0.3 is 10.1 Å². The molecular weight excluding hydrogens is 232 g/mol. The molecule has 5 heteroatoms. The summed E-state index contributed by atoms with van der Waals surface area (Å²) in [5.74, 6) is 0.687. The largest absolute Gasteiger partial charge is 0.497 e. The van der Waals surface area contributed by atoms with Gasteiger partial charge in [-0.25, -0.2) is 0 Å². The first-order valence-electron chi connectivity index (χ1n) is 6.07. The van der Waals surface area contributed by atoms with Gasteiger partial charge in [0.1, 0.15) is 5.75 Å². The molecule has 0 aliphatic carbocycles. The Bertz CT molecular complexity index is 421. The predicted molar refractivity (Wildman–Crippen MR) is 71.2 cm³/mol. The Morgan fingerprint density at radius 3 is 2.61 bits per heavy atom. The Kier molecular flexibility index (Phi) is 5.09. The van der Waals surface area contributed by atoms with E-state index in [0.717, 1.165) is 6.54 Å². The normalized spacial score (nSPS) is 14.0. The number of nitrogens with zero attached hydrogens (tertiary/aromatic N) is 1. The van der Waals surface area contributed by atoms with E-state index < -0.39 is 0 Å². The molecule has 0 aromatic heterocycles. The SMILES string of the molecule is CCNC(C)C(C)c1cc(OC)ccc1[N+](=O)[O-]. The van der Waals surface area contributed by atoms with Gasteiger partial charge in [-0.1, -0.05) is 13.8 Å². The molecule has 0 spiro atoms. The van der Waals surface area contributed by atoms with E-state index in [1.807, 2.05) is 20.8 Å². The average Bonchev–Trinajstić information content (AvgIpc) is 2.37. The molecule has 0 aliphatic heterocycles. The van der Waals surface area contributed by atoms with Crippen LogP contribution in [0.1, 0.15) is 32.3 Å². The average molecular weight is 252 g/mol. The predicted octanol–water partition coefficient (Wildman–Crippen LogP) is 2.70. The zero-order valence-electron chi connectivity index (χ0n) is 11.3. The Balaban J connectivity index is 3.14. The van der Waals surface area contributed by atoms with Crippen LogP contribution in [0.3, 0.4) is 0 Å². The Hall–Kier alpha value is -1.62. The molecule has 1 rings (SSSR count). The zero-order chi connectivity index (χ0) is 13.7. The summed E-state index contributed by atoms with van der Waals surface area (Å²) in [6.07, 6.45) is 0. The molecule has 0 saturated heterocycles. The maximum absolute atomic E-state index is 11.1. The molecule has 0 heterocycles. The van der Waals surface area contributed by atoms with Crippen molar-refractivity contribution in [2.75, 3.05) is 13.7 Å². The monoisotopic (exact) mass is 252 g/mol. The van der Waals surface area contributed by atoms with Gasteiger partial charge in [0, 0.05) is 23.6 Å². The van der Waals surface area contributed by atoms with E-state index >= 15 is 0 Å². The summed E-state index contributed by atoms with van der Waals surface area (Å²) in [4.78, 5) is 10.7. The van der Waals surface area contributed by atoms with Gasteiger partial charge in [-0.2, -0.15) is 0 Å². The minimum atomic E-state index is -0.343. The van der Waals surface area contributed by atoms with Crippen LogP contribution in [0.4, 0.5) is 5.69 Å². The van der Waals surface area contributed by atoms with Crippen LogP contribution in [0.25, 0.3) is 0 Å². The Morgan fingerprint density at radius 2 is 2.11 bits per heavy atom. The lowest BCUT2D eigenvalue weighted by atomic mass is 9.92. The van der Waals surface area contributed by atoms with Crippen LogP contribution >= 0.6 is 0 Å². The van der Waals surface area contributed by atoms with Crippen LogP contribution in [0, 0.1) is 10.1 Å². The first-order chi connectivity index (χ1) is 8.51. The zero-order valence-corrected chi connectivity index (χ0v) is 11.3. The van der Waals surface area contributed by atoms with Gasteiger partial charge in [0.2, 0.25) is 0 Å². The van der Waals surface area contributed by atoms with Crippen LogP contribution < -0.4 is 10.1 Å². The first-order valence-corrected chi connectivity index (χ1v) is 6.07. The second kappa shape index (κ2) is 6.35. The second-order valence-electron chi connectivity index (χ2n) is 4.32. The number of hydrogen-bond acceptors (Lipinski definition) is 4. The van der Waals surface area contributed by atoms with E-state index in [2.05, 4.69) is 5.32 Å². The van der Waals surface area contributed by atoms with Crippen LogP contribution in [-0.2, 0) is 0 Å². The lowest BCUT2D eigenvalue weighted by molar-refractivity contribution is -0.385. The fourth-order valence-electron chi connectivity index (χ4n) is 1.96. The minimum absolute atomic E-state index is 0.0421. The number of benzene rings is 1. The molecule has 5 nitrogen and oxygen atoms in total. The molecule has 0 fully saturated rings. The smallest absolute Gasteiger partial charge is 0.273 e. The van der Waals surface area contributed by atoms with Crippen LogP contribution in [0.2, 0.25) is 0 Å². The van der Waals surface area contributed by atoms with Crippen molar-refractivity contribution < 1.29 is 9.66 Å². The number of likely N-dealkylation sites (N-methyl/N-ethyl adjacent to an activating group) is 1. The van der Waals surface area contributed by atoms with E-state index in [9.17, 15) is 10.1 Å². The highest BCUT2D eigenvalue weighted by molar-refractivity contribution is 5.47. The summed E-state index contributed by atoms with van der Waals surface area (Å²) in [6.45, 7) is 6.86. The lowest BCUT2D eigenvalue weighted by Gasteiger charge is -2.21. The maximum Gasteiger partial charge on any atom is 0.273 e. The van der Waals surface area contributed by atoms with Crippen molar-refractivity contribution in [1.82, 2.24) is 5.32 Å². The number of nitro benzene ring substituents is 1. The molecule has 1 aromatic rings. The van der Waals surface area contributed by atoms with Crippen molar-refractivity contribution in [3.63, 3.8) is 0 Å². The van der Waals surface area contributed by atoms with Crippen LogP contribution in [-0.4, -0.2) is 24.6 Å². The molecule has 100 valence electrons. The summed E-state index contributed by atoms with van der Waals surface area (Å²) in [6, 6.07) is 5.03. The Labute approximate surface area is 107 Å². The molecule has 0 radical (unpaired) electrons. The topological polar surface area (TPSA) is 64.4 Å². The molecule has 0 saturated carbocycles. The standard InChI is InChI=1S/C13H20N2O3/c1-5-14-10(3)9(2)12-8-11(18-4)6-7-13(12)15(16)17/h6-10,14H,5H2,1-4H3. The van der Waals surface area contributed by atoms with Gasteiger partial charge in [0.15, 0.2) is 0 Å². The van der Waals surface area contributed by atoms with E-state index in [-0.39, 0.29) is 22.6 Å². The third-order valence-corrected chi connectivity index (χ3v) is 3.20. The highest BCUT2D eigenvalue weighted by Gasteiger charge is 2.23. The van der Waals surface area contributed by atoms with Crippen molar-refractivity contribution in [2.24, 2.45) is 0 Å². The molecule has 18 heavy (non-hydrogen) atoms. The third-order valence-electron chi connectivity index (χ3n) is 3.20. The number of ether oxygens (including phenoxy) is 1. The van der Waals surface area contributed by atoms with Gasteiger partial charge >= 0.3 is 0 Å². The molecule has 1 N–H and O–H groups in total. The third kappa shape index (κ3) is 3.20. The molecule has 0 amide bonds. The fraction of sp³-hybridized carbons (Fsp3) is 0.538. The van der Waals surface area contributed by atoms with Crippen molar-refractivity contribution in [3.05, 3.63) is 33.9 Å². The van der Waals surface area contributed by atoms with Crippen molar-refractivity contribution in [1.29, 1.82) is 0 Å². The minimum Gasteiger partial charge on any atom is -0.497 e. The number of nitro groups is 1. The summed E-state index contributed by atoms with van der Waals surface area (Å²) in [5.41, 5.74) is 0.848. The number of nitrogens with one attached hydrogen (secondary N) is 1. The summed E-state index contributed by atoms with van der Waals surface area (Å²) >= 11 is 0. The quantitative estimate of drug-likeness (QED) is 0.624. The van der Waals surface area contributed by atoms with Gasteiger partial charge in [-0.05, 0) is 25.6 Å². The summed E-state index contributed by atoms with van der Waals surface area (Å²) in [5, 5.41) is 14.3. The molecular formula is C13H20N2O3. The van der Waals surface area contributed by atoms with Gasteiger partial charge in [-0.15, -0.1) is 0 Å². The highest BCUT2D eigenvalue weighted by Crippen LogP contribution is 2.32. The lowest BCUT2D eigenvalue weighted by Crippen LogP contribution is -2.30. The van der Waals surface area contributed by atoms with Crippen LogP contribution in [0.5, 0.6) is 5.75 Å². The molecule has 0 aliphatic rings. The fourth-order valence-corrected chi connectivity index (χ4v) is 1.96. The van der Waals surface area contributed by atoms with Crippen molar-refractivity contribution in [2.45, 2.75) is 32.7 Å². The number of hydrogen-bond donors (Lipinski definition) is 1. The number of rotatable bonds is 6. The molecule has 1 aromatic carbocycles. The van der Waals surface area contributed by atoms with E-state index in [1.165, 1.54) is 6.07 Å². The highest BCUT2D eigenvalue weighted by atomic mass is 16.6. The van der Waals surface area contributed by atoms with E-state index in [0.29, 0.717) is 11.3 Å².